The van der Waals surface area contributed by atoms with E-state index in [0.29, 0.717) is 31.6 Å². The first-order valence-electron chi connectivity index (χ1n) is 11.9. The van der Waals surface area contributed by atoms with Gasteiger partial charge in [-0.05, 0) is 54.1 Å². The van der Waals surface area contributed by atoms with Crippen molar-refractivity contribution in [3.63, 3.8) is 0 Å². The average molecular weight is 479 g/mol. The molecule has 0 saturated carbocycles. The predicted octanol–water partition coefficient (Wildman–Crippen LogP) is 6.99. The van der Waals surface area contributed by atoms with Crippen LogP contribution in [-0.2, 0) is 11.3 Å². The second kappa shape index (κ2) is 10.00. The van der Waals surface area contributed by atoms with Gasteiger partial charge in [0.1, 0.15) is 5.75 Å². The molecule has 0 bridgehead atoms. The summed E-state index contributed by atoms with van der Waals surface area (Å²) < 4.78 is 8.32. The van der Waals surface area contributed by atoms with Crippen molar-refractivity contribution in [2.75, 3.05) is 6.61 Å². The van der Waals surface area contributed by atoms with Crippen LogP contribution in [-0.4, -0.2) is 28.1 Å². The number of carboxylic acids is 1. The van der Waals surface area contributed by atoms with Gasteiger partial charge in [0.05, 0.1) is 6.61 Å². The number of carbonyl (C=O) groups is 1. The number of unbranched alkanes of at least 4 members (excludes halogenated alkanes) is 1. The van der Waals surface area contributed by atoms with Gasteiger partial charge in [-0.2, -0.15) is 0 Å². The lowest BCUT2D eigenvalue weighted by Gasteiger charge is -2.14. The first kappa shape index (κ1) is 23.2. The van der Waals surface area contributed by atoms with Crippen molar-refractivity contribution in [2.24, 2.45) is 5.11 Å². The fourth-order valence-corrected chi connectivity index (χ4v) is 4.76. The molecule has 180 valence electrons. The van der Waals surface area contributed by atoms with Crippen molar-refractivity contribution in [1.29, 1.82) is 10.9 Å². The molecule has 3 N–H and O–H groups in total. The van der Waals surface area contributed by atoms with Crippen LogP contribution in [0.3, 0.4) is 0 Å². The highest BCUT2D eigenvalue weighted by atomic mass is 16.5. The molecule has 5 aromatic rings. The summed E-state index contributed by atoms with van der Waals surface area (Å²) in [5.74, 6) is -0.0387. The first-order chi connectivity index (χ1) is 17.6. The maximum atomic E-state index is 10.7. The molecular weight excluding hydrogens is 452 g/mol. The lowest BCUT2D eigenvalue weighted by Crippen LogP contribution is -2.03. The summed E-state index contributed by atoms with van der Waals surface area (Å²) in [6.45, 7) is 1.13. The molecule has 36 heavy (non-hydrogen) atoms. The van der Waals surface area contributed by atoms with Crippen LogP contribution in [0.15, 0.2) is 84.0 Å². The van der Waals surface area contributed by atoms with Gasteiger partial charge in [-0.25, -0.2) is 5.53 Å². The van der Waals surface area contributed by atoms with Crippen LogP contribution in [0.1, 0.15) is 30.4 Å². The molecule has 0 aliphatic heterocycles. The number of hydrogen-bond donors (Lipinski definition) is 3. The minimum absolute atomic E-state index is 0.0572. The number of carboxylic acid groups (broad SMARTS) is 1. The highest BCUT2D eigenvalue weighted by Gasteiger charge is 2.14. The number of hydrogen-bond acceptors (Lipinski definition) is 4. The third-order valence-corrected chi connectivity index (χ3v) is 6.50. The van der Waals surface area contributed by atoms with Crippen molar-refractivity contribution >= 4 is 44.4 Å². The van der Waals surface area contributed by atoms with Crippen LogP contribution in [0.4, 0.5) is 0 Å². The van der Waals surface area contributed by atoms with Crippen molar-refractivity contribution in [2.45, 2.75) is 25.8 Å². The quantitative estimate of drug-likeness (QED) is 0.0919. The number of amidine groups is 1. The molecule has 0 aliphatic rings. The molecule has 0 saturated heterocycles. The average Bonchev–Trinajstić information content (AvgIpc) is 3.21. The van der Waals surface area contributed by atoms with Gasteiger partial charge in [-0.15, -0.1) is 5.11 Å². The van der Waals surface area contributed by atoms with E-state index in [1.54, 1.807) is 0 Å². The molecule has 0 radical (unpaired) electrons. The van der Waals surface area contributed by atoms with E-state index in [9.17, 15) is 4.79 Å². The third kappa shape index (κ3) is 4.43. The normalized spacial score (nSPS) is 11.2. The molecule has 7 heteroatoms. The van der Waals surface area contributed by atoms with Crippen molar-refractivity contribution in [3.05, 3.63) is 90.0 Å². The molecule has 0 unspecified atom stereocenters. The van der Waals surface area contributed by atoms with Crippen LogP contribution in [0.25, 0.3) is 32.6 Å². The Labute approximate surface area is 207 Å². The summed E-state index contributed by atoms with van der Waals surface area (Å²) in [5.41, 5.74) is 11.1. The Morgan fingerprint density at radius 2 is 1.58 bits per heavy atom. The zero-order valence-corrected chi connectivity index (χ0v) is 19.7. The van der Waals surface area contributed by atoms with Crippen molar-refractivity contribution in [1.82, 2.24) is 4.57 Å². The van der Waals surface area contributed by atoms with Crippen LogP contribution in [0, 0.1) is 10.9 Å². The molecule has 5 rings (SSSR count). The molecule has 0 atom stereocenters. The van der Waals surface area contributed by atoms with Crippen LogP contribution >= 0.6 is 0 Å². The fraction of sp³-hybridized carbons (Fsp3) is 0.172. The Morgan fingerprint density at radius 3 is 2.36 bits per heavy atom. The summed E-state index contributed by atoms with van der Waals surface area (Å²) in [6, 6.07) is 26.3. The zero-order valence-electron chi connectivity index (χ0n) is 19.7. The molecular formula is C29H26N4O3. The molecule has 0 fully saturated rings. The molecule has 4 aromatic carbocycles. The molecule has 1 heterocycles. The van der Waals surface area contributed by atoms with Crippen molar-refractivity contribution in [3.8, 4) is 5.75 Å². The number of benzene rings is 4. The number of rotatable bonds is 9. The van der Waals surface area contributed by atoms with E-state index < -0.39 is 5.97 Å². The highest BCUT2D eigenvalue weighted by Crippen LogP contribution is 2.34. The van der Waals surface area contributed by atoms with Gasteiger partial charge in [0, 0.05) is 45.7 Å². The lowest BCUT2D eigenvalue weighted by atomic mass is 10.0. The van der Waals surface area contributed by atoms with E-state index in [2.05, 4.69) is 40.0 Å². The smallest absolute Gasteiger partial charge is 0.303 e. The van der Waals surface area contributed by atoms with Gasteiger partial charge in [-0.1, -0.05) is 48.5 Å². The van der Waals surface area contributed by atoms with Crippen LogP contribution < -0.4 is 4.74 Å². The molecule has 7 nitrogen and oxygen atoms in total. The second-order valence-corrected chi connectivity index (χ2v) is 8.76. The largest absolute Gasteiger partial charge is 0.493 e. The second-order valence-electron chi connectivity index (χ2n) is 8.76. The van der Waals surface area contributed by atoms with Gasteiger partial charge in [-0.3, -0.25) is 10.2 Å². The summed E-state index contributed by atoms with van der Waals surface area (Å²) in [7, 11) is 0. The van der Waals surface area contributed by atoms with Crippen molar-refractivity contribution < 1.29 is 14.6 Å². The van der Waals surface area contributed by atoms with Gasteiger partial charge in [0.2, 0.25) is 0 Å². The number of fused-ring (bicyclic) bond motifs is 4. The highest BCUT2D eigenvalue weighted by molar-refractivity contribution is 6.11. The lowest BCUT2D eigenvalue weighted by molar-refractivity contribution is -0.137. The Kier molecular flexibility index (Phi) is 6.45. The summed E-state index contributed by atoms with van der Waals surface area (Å²) >= 11 is 0. The molecule has 0 amide bonds. The van der Waals surface area contributed by atoms with E-state index in [4.69, 9.17) is 20.8 Å². The van der Waals surface area contributed by atoms with Gasteiger partial charge in [0.25, 0.3) is 0 Å². The van der Waals surface area contributed by atoms with E-state index in [-0.39, 0.29) is 12.3 Å². The number of aromatic nitrogens is 1. The topological polar surface area (TPSA) is 112 Å². The summed E-state index contributed by atoms with van der Waals surface area (Å²) in [6.07, 6.45) is 1.44. The summed E-state index contributed by atoms with van der Waals surface area (Å²) in [4.78, 5) is 10.7. The Bertz CT molecular complexity index is 1620. The van der Waals surface area contributed by atoms with E-state index in [0.717, 1.165) is 43.9 Å². The standard InChI is InChI=1S/C29H26N4O3/c30-29(32-31)19-12-14-26-24(17-19)22-8-3-4-10-25(22)33(26)18-20-13-15-27(23-9-2-1-7-21(20)23)36-16-6-5-11-28(34)35/h1-4,7-10,12-15,17,30-31H,5-6,11,16,18H2,(H,34,35). The van der Waals surface area contributed by atoms with Gasteiger partial charge >= 0.3 is 5.97 Å². The number of nitrogens with zero attached hydrogens (tertiary/aromatic N) is 2. The molecule has 0 spiro atoms. The summed E-state index contributed by atoms with van der Waals surface area (Å²) in [5, 5.41) is 24.3. The molecule has 1 aromatic heterocycles. The van der Waals surface area contributed by atoms with E-state index >= 15 is 0 Å². The van der Waals surface area contributed by atoms with Gasteiger partial charge in [0.15, 0.2) is 5.84 Å². The minimum atomic E-state index is -0.782. The zero-order chi connectivity index (χ0) is 25.1. The maximum Gasteiger partial charge on any atom is 0.303 e. The fourth-order valence-electron chi connectivity index (χ4n) is 4.76. The third-order valence-electron chi connectivity index (χ3n) is 6.50. The first-order valence-corrected chi connectivity index (χ1v) is 11.9. The molecule has 0 aliphatic carbocycles. The maximum absolute atomic E-state index is 10.7. The Morgan fingerprint density at radius 1 is 0.861 bits per heavy atom. The Hall–Kier alpha value is -4.52. The van der Waals surface area contributed by atoms with Crippen LogP contribution in [0.5, 0.6) is 5.75 Å². The predicted molar refractivity (Wildman–Crippen MR) is 141 cm³/mol. The number of para-hydroxylation sites is 1. The Balaban J connectivity index is 1.52. The number of ether oxygens (including phenoxy) is 1. The number of nitrogens with one attached hydrogen (secondary N) is 2. The number of aliphatic carboxylic acids is 1. The van der Waals surface area contributed by atoms with E-state index in [1.165, 1.54) is 0 Å². The minimum Gasteiger partial charge on any atom is -0.493 e. The van der Waals surface area contributed by atoms with E-state index in [1.807, 2.05) is 48.5 Å². The van der Waals surface area contributed by atoms with Gasteiger partial charge < -0.3 is 14.4 Å². The van der Waals surface area contributed by atoms with Crippen LogP contribution in [0.2, 0.25) is 0 Å². The SMILES string of the molecule is N=NC(=N)c1ccc2c(c1)c1ccccc1n2Cc1ccc(OCCCCC(=O)O)c2ccccc12. The monoisotopic (exact) mass is 478 g/mol.